The van der Waals surface area contributed by atoms with E-state index < -0.39 is 0 Å². The number of para-hydroxylation sites is 2. The van der Waals surface area contributed by atoms with Crippen LogP contribution in [0.4, 0.5) is 0 Å². The maximum absolute atomic E-state index is 5.95. The summed E-state index contributed by atoms with van der Waals surface area (Å²) in [6, 6.07) is 17.1. The number of hydrogen-bond donors (Lipinski definition) is 0. The quantitative estimate of drug-likeness (QED) is 0.462. The summed E-state index contributed by atoms with van der Waals surface area (Å²) in [4.78, 5) is 4.83. The lowest BCUT2D eigenvalue weighted by molar-refractivity contribution is 0.704. The van der Waals surface area contributed by atoms with Crippen molar-refractivity contribution in [1.82, 2.24) is 14.0 Å². The second-order valence-electron chi connectivity index (χ2n) is 6.03. The average molecular weight is 338 g/mol. The lowest BCUT2D eigenvalue weighted by Gasteiger charge is -2.08. The first-order chi connectivity index (χ1) is 11.8. The van der Waals surface area contributed by atoms with Crippen LogP contribution < -0.4 is 0 Å². The molecule has 4 heteroatoms. The Balaban J connectivity index is 1.92. The molecule has 0 aliphatic rings. The maximum Gasteiger partial charge on any atom is 0.215 e. The van der Waals surface area contributed by atoms with Crippen LogP contribution in [0, 0.1) is 0 Å². The highest BCUT2D eigenvalue weighted by Gasteiger charge is 2.15. The molecule has 0 saturated heterocycles. The molecule has 2 heterocycles. The predicted octanol–water partition coefficient (Wildman–Crippen LogP) is 5.15. The van der Waals surface area contributed by atoms with E-state index in [9.17, 15) is 0 Å². The summed E-state index contributed by atoms with van der Waals surface area (Å²) < 4.78 is 4.47. The molecule has 0 aliphatic heterocycles. The van der Waals surface area contributed by atoms with Gasteiger partial charge in [0.05, 0.1) is 16.7 Å². The van der Waals surface area contributed by atoms with Crippen molar-refractivity contribution in [1.29, 1.82) is 0 Å². The van der Waals surface area contributed by atoms with Gasteiger partial charge in [0.2, 0.25) is 5.78 Å². The van der Waals surface area contributed by atoms with Crippen LogP contribution in [-0.4, -0.2) is 19.8 Å². The van der Waals surface area contributed by atoms with Gasteiger partial charge in [0.1, 0.15) is 0 Å². The Morgan fingerprint density at radius 3 is 2.58 bits per heavy atom. The minimum atomic E-state index is 0.652. The van der Waals surface area contributed by atoms with Gasteiger partial charge in [-0.25, -0.2) is 4.98 Å². The first kappa shape index (κ1) is 15.3. The zero-order valence-corrected chi connectivity index (χ0v) is 14.5. The van der Waals surface area contributed by atoms with E-state index in [1.165, 1.54) is 16.8 Å². The molecule has 0 bridgehead atoms. The number of alkyl halides is 1. The largest absolute Gasteiger partial charge is 0.310 e. The van der Waals surface area contributed by atoms with Crippen LogP contribution in [0.1, 0.15) is 18.9 Å². The number of nitrogens with zero attached hydrogens (tertiary/aromatic N) is 3. The van der Waals surface area contributed by atoms with E-state index in [1.54, 1.807) is 0 Å². The number of rotatable bonds is 5. The monoisotopic (exact) mass is 337 g/mol. The van der Waals surface area contributed by atoms with Gasteiger partial charge < -0.3 is 4.57 Å². The number of halogens is 1. The molecule has 0 fully saturated rings. The molecule has 4 rings (SSSR count). The molecule has 0 atom stereocenters. The Kier molecular flexibility index (Phi) is 4.03. The lowest BCUT2D eigenvalue weighted by Crippen LogP contribution is -2.01. The SMILES string of the molecule is CCc1ccc(-c2cn3c4ccccc4nc3n2CCCCl)cc1. The summed E-state index contributed by atoms with van der Waals surface area (Å²) in [5.41, 5.74) is 5.93. The molecule has 122 valence electrons. The Labute approximate surface area is 146 Å². The Hall–Kier alpha value is -2.26. The van der Waals surface area contributed by atoms with E-state index in [-0.39, 0.29) is 0 Å². The van der Waals surface area contributed by atoms with Gasteiger partial charge >= 0.3 is 0 Å². The molecule has 3 nitrogen and oxygen atoms in total. The third kappa shape index (κ3) is 2.49. The van der Waals surface area contributed by atoms with Crippen LogP contribution in [0.15, 0.2) is 54.7 Å². The van der Waals surface area contributed by atoms with Crippen LogP contribution in [0.25, 0.3) is 28.1 Å². The summed E-state index contributed by atoms with van der Waals surface area (Å²) >= 11 is 5.95. The van der Waals surface area contributed by atoms with Gasteiger partial charge in [-0.2, -0.15) is 0 Å². The van der Waals surface area contributed by atoms with Crippen LogP contribution in [0.2, 0.25) is 0 Å². The van der Waals surface area contributed by atoms with Crippen LogP contribution >= 0.6 is 11.6 Å². The smallest absolute Gasteiger partial charge is 0.215 e. The molecule has 0 N–H and O–H groups in total. The average Bonchev–Trinajstić information content (AvgIpc) is 3.16. The summed E-state index contributed by atoms with van der Waals surface area (Å²) in [6.07, 6.45) is 4.18. The summed E-state index contributed by atoms with van der Waals surface area (Å²) in [5, 5.41) is 0. The standard InChI is InChI=1S/C20H20ClN3/c1-2-15-8-10-16(11-9-15)19-14-24-18-7-4-3-6-17(18)22-20(24)23(19)13-5-12-21/h3-4,6-11,14H,2,5,12-13H2,1H3. The number of aromatic nitrogens is 3. The Morgan fingerprint density at radius 1 is 1.04 bits per heavy atom. The van der Waals surface area contributed by atoms with Crippen molar-refractivity contribution in [3.63, 3.8) is 0 Å². The molecule has 0 spiro atoms. The number of aryl methyl sites for hydroxylation is 2. The summed E-state index contributed by atoms with van der Waals surface area (Å²) in [5.74, 6) is 1.63. The van der Waals surface area contributed by atoms with Gasteiger partial charge in [0, 0.05) is 18.6 Å². The van der Waals surface area contributed by atoms with Crippen LogP contribution in [0.3, 0.4) is 0 Å². The van der Waals surface area contributed by atoms with E-state index in [1.807, 2.05) is 6.07 Å². The number of hydrogen-bond acceptors (Lipinski definition) is 1. The van der Waals surface area contributed by atoms with Crippen molar-refractivity contribution < 1.29 is 0 Å². The van der Waals surface area contributed by atoms with E-state index in [2.05, 4.69) is 64.6 Å². The van der Waals surface area contributed by atoms with Crippen molar-refractivity contribution in [2.75, 3.05) is 5.88 Å². The molecule has 2 aromatic heterocycles. The third-order valence-electron chi connectivity index (χ3n) is 4.53. The number of benzene rings is 2. The first-order valence-electron chi connectivity index (χ1n) is 8.43. The fraction of sp³-hybridized carbons (Fsp3) is 0.250. The van der Waals surface area contributed by atoms with Gasteiger partial charge in [-0.15, -0.1) is 11.6 Å². The van der Waals surface area contributed by atoms with Crippen LogP contribution in [-0.2, 0) is 13.0 Å². The highest BCUT2D eigenvalue weighted by Crippen LogP contribution is 2.27. The number of imidazole rings is 2. The summed E-state index contributed by atoms with van der Waals surface area (Å²) in [7, 11) is 0. The molecule has 24 heavy (non-hydrogen) atoms. The Bertz CT molecular complexity index is 979. The minimum Gasteiger partial charge on any atom is -0.310 e. The topological polar surface area (TPSA) is 22.2 Å². The fourth-order valence-electron chi connectivity index (χ4n) is 3.23. The van der Waals surface area contributed by atoms with Crippen molar-refractivity contribution in [3.05, 3.63) is 60.3 Å². The van der Waals surface area contributed by atoms with Gasteiger partial charge in [-0.1, -0.05) is 43.3 Å². The highest BCUT2D eigenvalue weighted by atomic mass is 35.5. The van der Waals surface area contributed by atoms with Gasteiger partial charge in [-0.05, 0) is 36.1 Å². The van der Waals surface area contributed by atoms with Gasteiger partial charge in [0.15, 0.2) is 0 Å². The fourth-order valence-corrected chi connectivity index (χ4v) is 3.35. The van der Waals surface area contributed by atoms with Gasteiger partial charge in [-0.3, -0.25) is 4.40 Å². The van der Waals surface area contributed by atoms with Crippen molar-refractivity contribution >= 4 is 28.4 Å². The Morgan fingerprint density at radius 2 is 1.83 bits per heavy atom. The molecule has 0 amide bonds. The van der Waals surface area contributed by atoms with E-state index in [0.717, 1.165) is 36.2 Å². The molecular formula is C20H20ClN3. The predicted molar refractivity (Wildman–Crippen MR) is 101 cm³/mol. The zero-order chi connectivity index (χ0) is 16.5. The third-order valence-corrected chi connectivity index (χ3v) is 4.80. The molecule has 0 unspecified atom stereocenters. The van der Waals surface area contributed by atoms with E-state index in [4.69, 9.17) is 16.6 Å². The zero-order valence-electron chi connectivity index (χ0n) is 13.7. The van der Waals surface area contributed by atoms with Crippen LogP contribution in [0.5, 0.6) is 0 Å². The molecule has 0 radical (unpaired) electrons. The second kappa shape index (κ2) is 6.33. The normalized spacial score (nSPS) is 11.6. The molecule has 2 aromatic carbocycles. The van der Waals surface area contributed by atoms with Crippen molar-refractivity contribution in [3.8, 4) is 11.3 Å². The van der Waals surface area contributed by atoms with Crippen molar-refractivity contribution in [2.45, 2.75) is 26.3 Å². The first-order valence-corrected chi connectivity index (χ1v) is 8.97. The number of fused-ring (bicyclic) bond motifs is 3. The maximum atomic E-state index is 5.95. The molecule has 0 aliphatic carbocycles. The second-order valence-corrected chi connectivity index (χ2v) is 6.41. The van der Waals surface area contributed by atoms with E-state index in [0.29, 0.717) is 5.88 Å². The van der Waals surface area contributed by atoms with Crippen molar-refractivity contribution in [2.24, 2.45) is 0 Å². The minimum absolute atomic E-state index is 0.652. The van der Waals surface area contributed by atoms with E-state index >= 15 is 0 Å². The molecular weight excluding hydrogens is 318 g/mol. The van der Waals surface area contributed by atoms with Gasteiger partial charge in [0.25, 0.3) is 0 Å². The lowest BCUT2D eigenvalue weighted by atomic mass is 10.1. The molecule has 4 aromatic rings. The highest BCUT2D eigenvalue weighted by molar-refractivity contribution is 6.17. The summed E-state index contributed by atoms with van der Waals surface area (Å²) in [6.45, 7) is 3.05. The molecule has 0 saturated carbocycles.